The van der Waals surface area contributed by atoms with Gasteiger partial charge >= 0.3 is 6.18 Å². The number of anilines is 1. The van der Waals surface area contributed by atoms with E-state index in [4.69, 9.17) is 0 Å². The lowest BCUT2D eigenvalue weighted by molar-refractivity contribution is -0.137. The zero-order chi connectivity index (χ0) is 15.0. The minimum atomic E-state index is -4.37. The molecular formula is C16H14F3NO. The summed E-state index contributed by atoms with van der Waals surface area (Å²) in [5.74, 6) is 0.0566. The van der Waals surface area contributed by atoms with Crippen LogP contribution in [-0.4, -0.2) is 11.7 Å². The maximum atomic E-state index is 13.1. The van der Waals surface area contributed by atoms with Gasteiger partial charge in [0.1, 0.15) is 5.75 Å². The zero-order valence-corrected chi connectivity index (χ0v) is 11.1. The van der Waals surface area contributed by atoms with Crippen LogP contribution in [0.4, 0.5) is 18.9 Å². The number of alkyl halides is 3. The standard InChI is InChI=1S/C16H14F3NO/c17-16(18,19)14-3-1-2-13-12(8-9-20-15(13)14)10-4-6-11(21)7-5-10/h1-7,12,20-21H,8-9H2. The molecule has 1 aliphatic rings. The topological polar surface area (TPSA) is 32.3 Å². The van der Waals surface area contributed by atoms with Gasteiger partial charge in [0.05, 0.1) is 11.3 Å². The minimum absolute atomic E-state index is 0.0934. The summed E-state index contributed by atoms with van der Waals surface area (Å²) in [4.78, 5) is 0. The van der Waals surface area contributed by atoms with Gasteiger partial charge in [-0.1, -0.05) is 24.3 Å². The summed E-state index contributed by atoms with van der Waals surface area (Å²) in [7, 11) is 0. The van der Waals surface area contributed by atoms with Crippen molar-refractivity contribution in [3.05, 3.63) is 59.2 Å². The molecule has 0 saturated carbocycles. The molecule has 1 atom stereocenters. The Morgan fingerprint density at radius 2 is 1.76 bits per heavy atom. The molecule has 5 heteroatoms. The Morgan fingerprint density at radius 3 is 2.43 bits per heavy atom. The van der Waals surface area contributed by atoms with Crippen molar-refractivity contribution in [2.75, 3.05) is 11.9 Å². The quantitative estimate of drug-likeness (QED) is 0.819. The Balaban J connectivity index is 2.08. The molecule has 110 valence electrons. The van der Waals surface area contributed by atoms with Crippen molar-refractivity contribution < 1.29 is 18.3 Å². The Bertz CT molecular complexity index is 650. The molecule has 1 aliphatic heterocycles. The van der Waals surface area contributed by atoms with Crippen LogP contribution in [0.25, 0.3) is 0 Å². The summed E-state index contributed by atoms with van der Waals surface area (Å²) in [6.07, 6.45) is -3.64. The Labute approximate surface area is 120 Å². The zero-order valence-electron chi connectivity index (χ0n) is 11.1. The number of nitrogens with one attached hydrogen (secondary N) is 1. The highest BCUT2D eigenvalue weighted by Crippen LogP contribution is 2.43. The van der Waals surface area contributed by atoms with Gasteiger partial charge in [-0.15, -0.1) is 0 Å². The molecule has 21 heavy (non-hydrogen) atoms. The number of phenols is 1. The highest BCUT2D eigenvalue weighted by atomic mass is 19.4. The molecule has 0 aliphatic carbocycles. The second-order valence-corrected chi connectivity index (χ2v) is 5.13. The van der Waals surface area contributed by atoms with E-state index in [9.17, 15) is 18.3 Å². The predicted octanol–water partition coefficient (Wildman–Crippen LogP) is 4.36. The van der Waals surface area contributed by atoms with Crippen LogP contribution < -0.4 is 5.32 Å². The van der Waals surface area contributed by atoms with E-state index in [1.54, 1.807) is 30.3 Å². The fourth-order valence-electron chi connectivity index (χ4n) is 2.84. The number of rotatable bonds is 1. The molecule has 0 saturated heterocycles. The number of phenolic OH excluding ortho intramolecular Hbond substituents is 1. The van der Waals surface area contributed by atoms with E-state index in [-0.39, 0.29) is 17.4 Å². The first kappa shape index (κ1) is 13.8. The molecule has 0 fully saturated rings. The number of hydrogen-bond donors (Lipinski definition) is 2. The van der Waals surface area contributed by atoms with Crippen LogP contribution >= 0.6 is 0 Å². The lowest BCUT2D eigenvalue weighted by atomic mass is 9.84. The van der Waals surface area contributed by atoms with Crippen molar-refractivity contribution in [3.8, 4) is 5.75 Å². The first-order chi connectivity index (χ1) is 9.97. The molecule has 0 spiro atoms. The molecule has 0 radical (unpaired) electrons. The lowest BCUT2D eigenvalue weighted by Gasteiger charge is -2.29. The molecule has 1 unspecified atom stereocenters. The lowest BCUT2D eigenvalue weighted by Crippen LogP contribution is -2.21. The molecule has 1 heterocycles. The summed E-state index contributed by atoms with van der Waals surface area (Å²) in [5, 5.41) is 12.2. The maximum Gasteiger partial charge on any atom is 0.418 e. The first-order valence-electron chi connectivity index (χ1n) is 6.70. The number of para-hydroxylation sites is 1. The fourth-order valence-corrected chi connectivity index (χ4v) is 2.84. The van der Waals surface area contributed by atoms with E-state index < -0.39 is 11.7 Å². The molecule has 0 aromatic heterocycles. The van der Waals surface area contributed by atoms with Gasteiger partial charge in [-0.2, -0.15) is 13.2 Å². The summed E-state index contributed by atoms with van der Waals surface area (Å²) in [6.45, 7) is 0.492. The number of fused-ring (bicyclic) bond motifs is 1. The number of hydrogen-bond acceptors (Lipinski definition) is 2. The van der Waals surface area contributed by atoms with Crippen LogP contribution in [0.1, 0.15) is 29.0 Å². The Hall–Kier alpha value is -2.17. The highest BCUT2D eigenvalue weighted by molar-refractivity contribution is 5.63. The largest absolute Gasteiger partial charge is 0.508 e. The van der Waals surface area contributed by atoms with Crippen LogP contribution in [0.3, 0.4) is 0 Å². The van der Waals surface area contributed by atoms with E-state index in [0.717, 1.165) is 18.1 Å². The average molecular weight is 293 g/mol. The van der Waals surface area contributed by atoms with E-state index in [1.807, 2.05) is 0 Å². The highest BCUT2D eigenvalue weighted by Gasteiger charge is 2.36. The summed E-state index contributed by atoms with van der Waals surface area (Å²) in [5.41, 5.74) is 1.12. The molecule has 2 nitrogen and oxygen atoms in total. The summed E-state index contributed by atoms with van der Waals surface area (Å²) < 4.78 is 39.3. The van der Waals surface area contributed by atoms with Crippen LogP contribution in [0.5, 0.6) is 5.75 Å². The fraction of sp³-hybridized carbons (Fsp3) is 0.250. The normalized spacial score (nSPS) is 18.0. The van der Waals surface area contributed by atoms with Gasteiger partial charge in [-0.25, -0.2) is 0 Å². The van der Waals surface area contributed by atoms with Crippen molar-refractivity contribution in [2.24, 2.45) is 0 Å². The third-order valence-corrected chi connectivity index (χ3v) is 3.81. The SMILES string of the molecule is Oc1ccc(C2CCNc3c2cccc3C(F)(F)F)cc1. The third kappa shape index (κ3) is 2.55. The summed E-state index contributed by atoms with van der Waals surface area (Å²) >= 11 is 0. The molecular weight excluding hydrogens is 279 g/mol. The summed E-state index contributed by atoms with van der Waals surface area (Å²) in [6, 6.07) is 10.9. The number of benzene rings is 2. The van der Waals surface area contributed by atoms with Crippen molar-refractivity contribution in [3.63, 3.8) is 0 Å². The van der Waals surface area contributed by atoms with Gasteiger partial charge < -0.3 is 10.4 Å². The van der Waals surface area contributed by atoms with Gasteiger partial charge in [0.2, 0.25) is 0 Å². The molecule has 2 aromatic carbocycles. The molecule has 0 bridgehead atoms. The van der Waals surface area contributed by atoms with Gasteiger partial charge in [0, 0.05) is 12.5 Å². The molecule has 3 rings (SSSR count). The van der Waals surface area contributed by atoms with Gasteiger partial charge in [0.15, 0.2) is 0 Å². The maximum absolute atomic E-state index is 13.1. The van der Waals surface area contributed by atoms with Crippen LogP contribution in [-0.2, 0) is 6.18 Å². The van der Waals surface area contributed by atoms with Crippen molar-refractivity contribution in [1.82, 2.24) is 0 Å². The van der Waals surface area contributed by atoms with E-state index >= 15 is 0 Å². The van der Waals surface area contributed by atoms with Crippen molar-refractivity contribution in [1.29, 1.82) is 0 Å². The Morgan fingerprint density at radius 1 is 1.05 bits per heavy atom. The first-order valence-corrected chi connectivity index (χ1v) is 6.70. The van der Waals surface area contributed by atoms with Crippen molar-refractivity contribution in [2.45, 2.75) is 18.5 Å². The van der Waals surface area contributed by atoms with E-state index in [1.165, 1.54) is 6.07 Å². The average Bonchev–Trinajstić information content (AvgIpc) is 2.46. The van der Waals surface area contributed by atoms with Crippen molar-refractivity contribution >= 4 is 5.69 Å². The third-order valence-electron chi connectivity index (χ3n) is 3.81. The van der Waals surface area contributed by atoms with Crippen LogP contribution in [0, 0.1) is 0 Å². The Kier molecular flexibility index (Phi) is 3.27. The van der Waals surface area contributed by atoms with Gasteiger partial charge in [0.25, 0.3) is 0 Å². The van der Waals surface area contributed by atoms with Gasteiger partial charge in [-0.3, -0.25) is 0 Å². The molecule has 2 N–H and O–H groups in total. The molecule has 2 aromatic rings. The number of halogens is 3. The van der Waals surface area contributed by atoms with Gasteiger partial charge in [-0.05, 0) is 35.7 Å². The second kappa shape index (κ2) is 4.98. The molecule has 0 amide bonds. The number of aromatic hydroxyl groups is 1. The van der Waals surface area contributed by atoms with Crippen LogP contribution in [0.15, 0.2) is 42.5 Å². The monoisotopic (exact) mass is 293 g/mol. The van der Waals surface area contributed by atoms with Crippen LogP contribution in [0.2, 0.25) is 0 Å². The minimum Gasteiger partial charge on any atom is -0.508 e. The predicted molar refractivity (Wildman–Crippen MR) is 74.5 cm³/mol. The smallest absolute Gasteiger partial charge is 0.418 e. The van der Waals surface area contributed by atoms with E-state index in [2.05, 4.69) is 5.32 Å². The second-order valence-electron chi connectivity index (χ2n) is 5.13. The van der Waals surface area contributed by atoms with E-state index in [0.29, 0.717) is 12.1 Å².